The van der Waals surface area contributed by atoms with Gasteiger partial charge in [-0.15, -0.1) is 11.3 Å². The predicted molar refractivity (Wildman–Crippen MR) is 150 cm³/mol. The van der Waals surface area contributed by atoms with Crippen molar-refractivity contribution in [1.82, 2.24) is 9.97 Å². The summed E-state index contributed by atoms with van der Waals surface area (Å²) < 4.78 is 35.3. The number of hydrogen-bond acceptors (Lipinski definition) is 5. The van der Waals surface area contributed by atoms with E-state index < -0.39 is 17.0 Å². The molecule has 0 aliphatic carbocycles. The van der Waals surface area contributed by atoms with Crippen molar-refractivity contribution in [2.75, 3.05) is 11.8 Å². The standard InChI is InChI=1S/C29H20FN3O3S2/c1-36-29(34)19-6-4-17(5-7-19)23-16-31-28-27(26(23)18-8-10-20(30)11-9-18)22-15-21(12-13-24(22)32-28)33-38(35)25-3-2-14-37-25/h2-16,33H,1H3,(H,31,32). The van der Waals surface area contributed by atoms with E-state index in [1.54, 1.807) is 30.5 Å². The molecule has 188 valence electrons. The first-order valence-corrected chi connectivity index (χ1v) is 13.7. The molecule has 6 rings (SSSR count). The fourth-order valence-electron chi connectivity index (χ4n) is 4.48. The van der Waals surface area contributed by atoms with Crippen molar-refractivity contribution in [2.24, 2.45) is 0 Å². The number of rotatable bonds is 6. The van der Waals surface area contributed by atoms with Crippen LogP contribution < -0.4 is 4.72 Å². The quantitative estimate of drug-likeness (QED) is 0.219. The van der Waals surface area contributed by atoms with Crippen LogP contribution in [0.15, 0.2) is 94.6 Å². The Balaban J connectivity index is 1.55. The summed E-state index contributed by atoms with van der Waals surface area (Å²) >= 11 is 1.42. The first kappa shape index (κ1) is 24.0. The molecular weight excluding hydrogens is 521 g/mol. The van der Waals surface area contributed by atoms with Crippen molar-refractivity contribution in [3.05, 3.63) is 102 Å². The molecule has 9 heteroatoms. The molecule has 0 bridgehead atoms. The minimum absolute atomic E-state index is 0.329. The van der Waals surface area contributed by atoms with Gasteiger partial charge in [-0.2, -0.15) is 0 Å². The van der Waals surface area contributed by atoms with Crippen LogP contribution in [0.5, 0.6) is 0 Å². The Morgan fingerprint density at radius 1 is 1.03 bits per heavy atom. The number of nitrogens with one attached hydrogen (secondary N) is 2. The fraction of sp³-hybridized carbons (Fsp3) is 0.0345. The zero-order valence-electron chi connectivity index (χ0n) is 20.0. The van der Waals surface area contributed by atoms with Crippen molar-refractivity contribution in [3.8, 4) is 22.3 Å². The fourth-order valence-corrected chi connectivity index (χ4v) is 6.22. The lowest BCUT2D eigenvalue weighted by molar-refractivity contribution is 0.0600. The number of methoxy groups -OCH3 is 1. The van der Waals surface area contributed by atoms with Gasteiger partial charge in [-0.25, -0.2) is 18.4 Å². The third kappa shape index (κ3) is 4.36. The first-order valence-electron chi connectivity index (χ1n) is 11.6. The molecule has 0 saturated carbocycles. The van der Waals surface area contributed by atoms with E-state index in [9.17, 15) is 13.4 Å². The van der Waals surface area contributed by atoms with Crippen LogP contribution in [0.4, 0.5) is 10.1 Å². The second-order valence-corrected chi connectivity index (χ2v) is 10.9. The van der Waals surface area contributed by atoms with Crippen LogP contribution in [0.1, 0.15) is 10.4 Å². The second kappa shape index (κ2) is 9.85. The molecule has 0 aliphatic rings. The molecule has 0 radical (unpaired) electrons. The minimum atomic E-state index is -1.39. The molecule has 0 spiro atoms. The van der Waals surface area contributed by atoms with Crippen LogP contribution in [0.25, 0.3) is 44.2 Å². The van der Waals surface area contributed by atoms with Crippen LogP contribution >= 0.6 is 11.3 Å². The van der Waals surface area contributed by atoms with Gasteiger partial charge in [-0.3, -0.25) is 0 Å². The van der Waals surface area contributed by atoms with Gasteiger partial charge in [-0.05, 0) is 65.0 Å². The number of hydrogen-bond donors (Lipinski definition) is 2. The highest BCUT2D eigenvalue weighted by Crippen LogP contribution is 2.41. The molecule has 3 aromatic heterocycles. The van der Waals surface area contributed by atoms with Crippen molar-refractivity contribution < 1.29 is 18.1 Å². The summed E-state index contributed by atoms with van der Waals surface area (Å²) in [7, 11) is -0.0456. The van der Waals surface area contributed by atoms with Gasteiger partial charge in [0.2, 0.25) is 0 Å². The summed E-state index contributed by atoms with van der Waals surface area (Å²) in [4.78, 5) is 20.0. The van der Waals surface area contributed by atoms with Crippen LogP contribution in [0.2, 0.25) is 0 Å². The third-order valence-electron chi connectivity index (χ3n) is 6.26. The number of esters is 1. The molecule has 3 aromatic carbocycles. The second-order valence-electron chi connectivity index (χ2n) is 8.53. The van der Waals surface area contributed by atoms with Crippen molar-refractivity contribution in [3.63, 3.8) is 0 Å². The van der Waals surface area contributed by atoms with E-state index in [1.807, 2.05) is 47.8 Å². The van der Waals surface area contributed by atoms with Crippen molar-refractivity contribution >= 4 is 55.9 Å². The van der Waals surface area contributed by atoms with Gasteiger partial charge < -0.3 is 14.4 Å². The summed E-state index contributed by atoms with van der Waals surface area (Å²) in [5.41, 5.74) is 6.01. The number of H-pyrrole nitrogens is 1. The van der Waals surface area contributed by atoms with E-state index in [-0.39, 0.29) is 5.82 Å². The van der Waals surface area contributed by atoms with Gasteiger partial charge >= 0.3 is 5.97 Å². The maximum atomic E-state index is 13.9. The zero-order chi connectivity index (χ0) is 26.2. The molecule has 6 nitrogen and oxygen atoms in total. The molecule has 0 aliphatic heterocycles. The number of pyridine rings is 1. The molecule has 1 atom stereocenters. The number of aromatic amines is 1. The zero-order valence-corrected chi connectivity index (χ0v) is 21.7. The number of carbonyl (C=O) groups excluding carboxylic acids is 1. The first-order chi connectivity index (χ1) is 18.5. The summed E-state index contributed by atoms with van der Waals surface area (Å²) in [6.45, 7) is 0. The maximum absolute atomic E-state index is 13.9. The SMILES string of the molecule is COC(=O)c1ccc(-c2cnc3[nH]c4ccc(NS(=O)c5cccs5)cc4c3c2-c2ccc(F)cc2)cc1. The van der Waals surface area contributed by atoms with Crippen LogP contribution in [-0.2, 0) is 15.7 Å². The summed E-state index contributed by atoms with van der Waals surface area (Å²) in [6, 6.07) is 22.8. The highest BCUT2D eigenvalue weighted by Gasteiger charge is 2.19. The van der Waals surface area contributed by atoms with Gasteiger partial charge in [0.25, 0.3) is 0 Å². The topological polar surface area (TPSA) is 84.1 Å². The lowest BCUT2D eigenvalue weighted by atomic mass is 9.92. The molecular formula is C29H20FN3O3S2. The Labute approximate surface area is 223 Å². The minimum Gasteiger partial charge on any atom is -0.465 e. The van der Waals surface area contributed by atoms with Gasteiger partial charge in [0, 0.05) is 39.3 Å². The molecule has 6 aromatic rings. The average molecular weight is 542 g/mol. The number of benzene rings is 3. The largest absolute Gasteiger partial charge is 0.465 e. The van der Waals surface area contributed by atoms with E-state index in [2.05, 4.69) is 9.71 Å². The van der Waals surface area contributed by atoms with Crippen LogP contribution in [0.3, 0.4) is 0 Å². The molecule has 38 heavy (non-hydrogen) atoms. The summed E-state index contributed by atoms with van der Waals surface area (Å²) in [5.74, 6) is -0.745. The summed E-state index contributed by atoms with van der Waals surface area (Å²) in [5, 5.41) is 3.62. The molecule has 0 amide bonds. The number of anilines is 1. The van der Waals surface area contributed by atoms with Crippen LogP contribution in [0, 0.1) is 5.82 Å². The van der Waals surface area contributed by atoms with Gasteiger partial charge in [0.1, 0.15) is 15.7 Å². The predicted octanol–water partition coefficient (Wildman–Crippen LogP) is 7.17. The normalized spacial score (nSPS) is 12.1. The van der Waals surface area contributed by atoms with Gasteiger partial charge in [0.05, 0.1) is 12.7 Å². The van der Waals surface area contributed by atoms with E-state index >= 15 is 0 Å². The molecule has 0 fully saturated rings. The maximum Gasteiger partial charge on any atom is 0.337 e. The molecule has 2 N–H and O–H groups in total. The average Bonchev–Trinajstić information content (AvgIpc) is 3.61. The molecule has 0 saturated heterocycles. The van der Waals surface area contributed by atoms with Gasteiger partial charge in [0.15, 0.2) is 11.0 Å². The number of thiophene rings is 1. The number of fused-ring (bicyclic) bond motifs is 3. The monoisotopic (exact) mass is 541 g/mol. The Morgan fingerprint density at radius 3 is 2.50 bits per heavy atom. The Bertz CT molecular complexity index is 1810. The molecule has 3 heterocycles. The Hall–Kier alpha value is -4.34. The summed E-state index contributed by atoms with van der Waals surface area (Å²) in [6.07, 6.45) is 1.77. The van der Waals surface area contributed by atoms with Crippen LogP contribution in [-0.4, -0.2) is 27.3 Å². The van der Waals surface area contributed by atoms with E-state index in [0.717, 1.165) is 42.8 Å². The number of halogens is 1. The number of carbonyl (C=O) groups is 1. The van der Waals surface area contributed by atoms with Gasteiger partial charge in [-0.1, -0.05) is 30.3 Å². The number of aromatic nitrogens is 2. The van der Waals surface area contributed by atoms with E-state index in [4.69, 9.17) is 9.72 Å². The number of ether oxygens (including phenoxy) is 1. The van der Waals surface area contributed by atoms with E-state index in [0.29, 0.717) is 16.9 Å². The van der Waals surface area contributed by atoms with Crippen molar-refractivity contribution in [2.45, 2.75) is 4.21 Å². The lowest BCUT2D eigenvalue weighted by Crippen LogP contribution is -2.02. The third-order valence-corrected chi connectivity index (χ3v) is 8.59. The molecule has 1 unspecified atom stereocenters. The lowest BCUT2D eigenvalue weighted by Gasteiger charge is -2.13. The number of nitrogens with zero attached hydrogens (tertiary/aromatic N) is 1. The van der Waals surface area contributed by atoms with E-state index in [1.165, 1.54) is 30.6 Å². The Kier molecular flexibility index (Phi) is 6.22. The highest BCUT2D eigenvalue weighted by molar-refractivity contribution is 7.88. The van der Waals surface area contributed by atoms with Crippen molar-refractivity contribution in [1.29, 1.82) is 0 Å². The smallest absolute Gasteiger partial charge is 0.337 e. The highest BCUT2D eigenvalue weighted by atomic mass is 32.2. The Morgan fingerprint density at radius 2 is 1.79 bits per heavy atom.